The van der Waals surface area contributed by atoms with Gasteiger partial charge in [0.1, 0.15) is 6.54 Å². The molecule has 1 saturated carbocycles. The van der Waals surface area contributed by atoms with E-state index in [4.69, 9.17) is 11.6 Å². The molecule has 1 unspecified atom stereocenters. The summed E-state index contributed by atoms with van der Waals surface area (Å²) in [5.74, 6) is 1.16. The maximum Gasteiger partial charge on any atom is 0.406 e. The molecule has 1 aliphatic carbocycles. The average Bonchev–Trinajstić information content (AvgIpc) is 3.28. The van der Waals surface area contributed by atoms with Crippen molar-refractivity contribution < 1.29 is 13.2 Å². The predicted molar refractivity (Wildman–Crippen MR) is 150 cm³/mol. The van der Waals surface area contributed by atoms with Crippen molar-refractivity contribution in [3.8, 4) is 11.1 Å². The summed E-state index contributed by atoms with van der Waals surface area (Å²) < 4.78 is 41.1. The van der Waals surface area contributed by atoms with Crippen LogP contribution in [-0.2, 0) is 13.1 Å². The lowest BCUT2D eigenvalue weighted by Crippen LogP contribution is -2.41. The molecule has 7 nitrogen and oxygen atoms in total. The van der Waals surface area contributed by atoms with Crippen LogP contribution in [0.3, 0.4) is 0 Å². The van der Waals surface area contributed by atoms with Crippen LogP contribution in [0.25, 0.3) is 21.3 Å². The zero-order chi connectivity index (χ0) is 27.8. The van der Waals surface area contributed by atoms with Crippen molar-refractivity contribution in [2.45, 2.75) is 44.1 Å². The number of pyridine rings is 1. The van der Waals surface area contributed by atoms with E-state index in [2.05, 4.69) is 21.3 Å². The highest BCUT2D eigenvalue weighted by atomic mass is 35.5. The Labute approximate surface area is 235 Å². The molecule has 5 heterocycles. The number of anilines is 1. The summed E-state index contributed by atoms with van der Waals surface area (Å²) in [6.07, 6.45) is 0.275. The maximum atomic E-state index is 13.0. The highest BCUT2D eigenvalue weighted by Crippen LogP contribution is 2.58. The second kappa shape index (κ2) is 9.46. The third-order valence-corrected chi connectivity index (χ3v) is 9.54. The van der Waals surface area contributed by atoms with Gasteiger partial charge in [-0.15, -0.1) is 11.3 Å². The van der Waals surface area contributed by atoms with Crippen LogP contribution in [0.1, 0.15) is 29.2 Å². The molecule has 7 rings (SSSR count). The van der Waals surface area contributed by atoms with Crippen LogP contribution in [0.15, 0.2) is 52.3 Å². The smallest absolute Gasteiger partial charge is 0.366 e. The highest BCUT2D eigenvalue weighted by molar-refractivity contribution is 7.19. The van der Waals surface area contributed by atoms with Crippen molar-refractivity contribution in [1.29, 1.82) is 0 Å². The van der Waals surface area contributed by atoms with E-state index in [1.165, 1.54) is 22.6 Å². The van der Waals surface area contributed by atoms with Gasteiger partial charge in [0.15, 0.2) is 0 Å². The number of hydrogen-bond donors (Lipinski definition) is 1. The quantitative estimate of drug-likeness (QED) is 0.362. The minimum absolute atomic E-state index is 0.145. The van der Waals surface area contributed by atoms with Crippen molar-refractivity contribution in [1.82, 2.24) is 19.4 Å². The molecule has 208 valence electrons. The number of nitrogens with one attached hydrogen (secondary N) is 1. The summed E-state index contributed by atoms with van der Waals surface area (Å²) in [4.78, 5) is 33.0. The Kier molecular flexibility index (Phi) is 6.10. The first-order valence-electron chi connectivity index (χ1n) is 13.2. The molecule has 3 aliphatic rings. The number of benzene rings is 1. The zero-order valence-electron chi connectivity index (χ0n) is 21.2. The lowest BCUT2D eigenvalue weighted by molar-refractivity contribution is -0.141. The molecular weight excluding hydrogens is 563 g/mol. The summed E-state index contributed by atoms with van der Waals surface area (Å²) >= 11 is 8.07. The molecule has 0 bridgehead atoms. The van der Waals surface area contributed by atoms with E-state index in [1.54, 1.807) is 12.3 Å². The fourth-order valence-electron chi connectivity index (χ4n) is 6.29. The average molecular weight is 588 g/mol. The lowest BCUT2D eigenvalue weighted by atomic mass is 9.92. The van der Waals surface area contributed by atoms with Gasteiger partial charge in [-0.2, -0.15) is 13.2 Å². The molecular formula is C28H25ClF3N5O2S. The summed E-state index contributed by atoms with van der Waals surface area (Å²) in [6, 6.07) is 9.25. The Morgan fingerprint density at radius 2 is 2.00 bits per heavy atom. The van der Waals surface area contributed by atoms with Gasteiger partial charge in [0.2, 0.25) is 0 Å². The Hall–Kier alpha value is -3.15. The van der Waals surface area contributed by atoms with Crippen LogP contribution in [0, 0.1) is 5.92 Å². The van der Waals surface area contributed by atoms with Gasteiger partial charge in [-0.25, -0.2) is 4.79 Å². The van der Waals surface area contributed by atoms with Gasteiger partial charge in [-0.3, -0.25) is 18.9 Å². The van der Waals surface area contributed by atoms with Crippen molar-refractivity contribution in [2.75, 3.05) is 24.5 Å². The zero-order valence-corrected chi connectivity index (χ0v) is 22.8. The molecule has 4 aromatic rings. The van der Waals surface area contributed by atoms with Gasteiger partial charge in [0.05, 0.1) is 16.8 Å². The molecule has 2 aliphatic heterocycles. The second-order valence-electron chi connectivity index (χ2n) is 10.8. The van der Waals surface area contributed by atoms with Gasteiger partial charge in [0, 0.05) is 64.3 Å². The number of alkyl halides is 3. The fraction of sp³-hybridized carbons (Fsp3) is 0.393. The lowest BCUT2D eigenvalue weighted by Gasteiger charge is -2.37. The Morgan fingerprint density at radius 1 is 1.15 bits per heavy atom. The van der Waals surface area contributed by atoms with Gasteiger partial charge < -0.3 is 10.2 Å². The Balaban J connectivity index is 1.32. The van der Waals surface area contributed by atoms with Crippen LogP contribution in [0.5, 0.6) is 0 Å². The van der Waals surface area contributed by atoms with Crippen LogP contribution in [-0.4, -0.2) is 46.0 Å². The van der Waals surface area contributed by atoms with E-state index >= 15 is 0 Å². The minimum Gasteiger partial charge on any atom is -0.366 e. The van der Waals surface area contributed by atoms with Crippen LogP contribution in [0.2, 0.25) is 5.02 Å². The predicted octanol–water partition coefficient (Wildman–Crippen LogP) is 4.84. The van der Waals surface area contributed by atoms with Crippen LogP contribution < -0.4 is 21.5 Å². The van der Waals surface area contributed by atoms with Gasteiger partial charge in [-0.1, -0.05) is 11.6 Å². The molecule has 1 saturated heterocycles. The molecule has 40 heavy (non-hydrogen) atoms. The van der Waals surface area contributed by atoms with Crippen LogP contribution in [0.4, 0.5) is 18.9 Å². The molecule has 0 radical (unpaired) electrons. The number of nitrogens with zero attached hydrogens (tertiary/aromatic N) is 4. The summed E-state index contributed by atoms with van der Waals surface area (Å²) in [5, 5.41) is 4.16. The largest absolute Gasteiger partial charge is 0.406 e. The van der Waals surface area contributed by atoms with Gasteiger partial charge in [-0.05, 0) is 61.1 Å². The van der Waals surface area contributed by atoms with E-state index in [-0.39, 0.29) is 6.54 Å². The number of thiophene rings is 1. The molecule has 1 N–H and O–H groups in total. The first kappa shape index (κ1) is 25.8. The topological polar surface area (TPSA) is 72.2 Å². The standard InChI is InChI=1S/C28H25ClF3N5O2S/c29-16-8-21(25-22(9-16)20-7-15(20)12-36(25)17-1-4-33-11-17)19-2-5-34-23-10-18(40-26(19)23)13-37-24(38)3-6-35(27(37)39)14-28(30,31)32/h2-3,5-6,8-10,15,17,20,33H,1,4,7,11-14H2/t15-,17?,20-/m1/s1. The van der Waals surface area contributed by atoms with E-state index in [0.29, 0.717) is 37.9 Å². The number of fused-ring (bicyclic) bond motifs is 4. The molecule has 12 heteroatoms. The number of halogens is 4. The highest BCUT2D eigenvalue weighted by Gasteiger charge is 2.47. The first-order valence-corrected chi connectivity index (χ1v) is 14.4. The SMILES string of the molecule is O=c1ccn(CC(F)(F)F)c(=O)n1Cc1cc2nccc(-c3cc(Cl)cc4c3N(C3CCNC3)C[C@H]3C[C@@H]43)c2s1. The van der Waals surface area contributed by atoms with E-state index in [9.17, 15) is 22.8 Å². The Bertz CT molecular complexity index is 1760. The van der Waals surface area contributed by atoms with E-state index < -0.39 is 24.0 Å². The third kappa shape index (κ3) is 4.53. The normalized spacial score (nSPS) is 22.0. The maximum absolute atomic E-state index is 13.0. The molecule has 3 atom stereocenters. The molecule has 0 amide bonds. The summed E-state index contributed by atoms with van der Waals surface area (Å²) in [6.45, 7) is 1.34. The molecule has 3 aromatic heterocycles. The second-order valence-corrected chi connectivity index (χ2v) is 12.4. The molecule has 0 spiro atoms. The summed E-state index contributed by atoms with van der Waals surface area (Å²) in [5.41, 5.74) is 3.54. The van der Waals surface area contributed by atoms with Crippen molar-refractivity contribution in [3.05, 3.63) is 79.0 Å². The molecule has 2 fully saturated rings. The van der Waals surface area contributed by atoms with Crippen molar-refractivity contribution >= 4 is 38.8 Å². The van der Waals surface area contributed by atoms with Crippen LogP contribution >= 0.6 is 22.9 Å². The first-order chi connectivity index (χ1) is 19.2. The summed E-state index contributed by atoms with van der Waals surface area (Å²) in [7, 11) is 0. The van der Waals surface area contributed by atoms with E-state index in [0.717, 1.165) is 65.1 Å². The van der Waals surface area contributed by atoms with Gasteiger partial charge in [0.25, 0.3) is 5.56 Å². The third-order valence-electron chi connectivity index (χ3n) is 8.18. The number of hydrogen-bond acceptors (Lipinski definition) is 6. The minimum atomic E-state index is -4.58. The Morgan fingerprint density at radius 3 is 2.77 bits per heavy atom. The van der Waals surface area contributed by atoms with E-state index in [1.807, 2.05) is 12.1 Å². The number of rotatable bonds is 5. The molecule has 1 aromatic carbocycles. The van der Waals surface area contributed by atoms with Crippen molar-refractivity contribution in [2.24, 2.45) is 5.92 Å². The monoisotopic (exact) mass is 587 g/mol. The number of aromatic nitrogens is 3. The fourth-order valence-corrected chi connectivity index (χ4v) is 7.65. The van der Waals surface area contributed by atoms with Gasteiger partial charge >= 0.3 is 11.9 Å². The van der Waals surface area contributed by atoms with Crippen molar-refractivity contribution in [3.63, 3.8) is 0 Å².